The predicted octanol–water partition coefficient (Wildman–Crippen LogP) is 1.06. The first-order valence-electron chi connectivity index (χ1n) is 7.27. The van der Waals surface area contributed by atoms with Crippen molar-refractivity contribution in [3.8, 4) is 5.88 Å². The van der Waals surface area contributed by atoms with Crippen molar-refractivity contribution in [3.05, 3.63) is 18.3 Å². The second kappa shape index (κ2) is 7.74. The number of anilines is 1. The molecule has 120 valence electrons. The number of nitrogens with zero attached hydrogens (tertiary/aromatic N) is 2. The highest BCUT2D eigenvalue weighted by Gasteiger charge is 2.32. The van der Waals surface area contributed by atoms with Crippen molar-refractivity contribution in [1.82, 2.24) is 9.88 Å². The summed E-state index contributed by atoms with van der Waals surface area (Å²) in [5.41, 5.74) is 0.583. The quantitative estimate of drug-likeness (QED) is 0.795. The number of rotatable bonds is 6. The minimum absolute atomic E-state index is 0.0716. The van der Waals surface area contributed by atoms with E-state index in [0.29, 0.717) is 37.7 Å². The number of amides is 2. The maximum Gasteiger partial charge on any atom is 0.247 e. The lowest BCUT2D eigenvalue weighted by Gasteiger charge is -2.22. The number of aromatic nitrogens is 1. The molecule has 22 heavy (non-hydrogen) atoms. The molecule has 7 heteroatoms. The maximum absolute atomic E-state index is 12.2. The predicted molar refractivity (Wildman–Crippen MR) is 80.6 cm³/mol. The van der Waals surface area contributed by atoms with Crippen LogP contribution in [0, 0.1) is 0 Å². The number of ether oxygens (including phenoxy) is 2. The molecule has 0 bridgehead atoms. The van der Waals surface area contributed by atoms with E-state index in [1.54, 1.807) is 24.1 Å². The molecule has 2 amide bonds. The zero-order chi connectivity index (χ0) is 15.9. The van der Waals surface area contributed by atoms with Gasteiger partial charge in [0.25, 0.3) is 0 Å². The molecular weight excluding hydrogens is 286 g/mol. The number of nitrogens with one attached hydrogen (secondary N) is 1. The highest BCUT2D eigenvalue weighted by molar-refractivity contribution is 5.97. The number of pyridine rings is 1. The van der Waals surface area contributed by atoms with Crippen LogP contribution in [0.5, 0.6) is 5.88 Å². The van der Waals surface area contributed by atoms with Gasteiger partial charge in [0.1, 0.15) is 12.6 Å². The Morgan fingerprint density at radius 1 is 1.41 bits per heavy atom. The van der Waals surface area contributed by atoms with Crippen molar-refractivity contribution in [3.63, 3.8) is 0 Å². The van der Waals surface area contributed by atoms with Crippen LogP contribution in [-0.2, 0) is 14.3 Å². The van der Waals surface area contributed by atoms with Crippen LogP contribution in [0.1, 0.15) is 19.8 Å². The first-order chi connectivity index (χ1) is 10.6. The molecule has 1 N–H and O–H groups in total. The molecule has 1 aromatic rings. The molecule has 1 aliphatic heterocycles. The van der Waals surface area contributed by atoms with Gasteiger partial charge in [-0.25, -0.2) is 4.98 Å². The van der Waals surface area contributed by atoms with E-state index in [0.717, 1.165) is 6.42 Å². The molecule has 0 aliphatic carbocycles. The SMILES string of the molecule is COCCOc1ccc(NC(=O)[C@H]2CCCN2C(C)=O)cn1. The van der Waals surface area contributed by atoms with Crippen LogP contribution < -0.4 is 10.1 Å². The van der Waals surface area contributed by atoms with Gasteiger partial charge in [0.2, 0.25) is 17.7 Å². The third kappa shape index (κ3) is 4.17. The van der Waals surface area contributed by atoms with Crippen molar-refractivity contribution in [1.29, 1.82) is 0 Å². The van der Waals surface area contributed by atoms with Gasteiger partial charge in [0.15, 0.2) is 0 Å². The minimum Gasteiger partial charge on any atom is -0.475 e. The molecule has 7 nitrogen and oxygen atoms in total. The Morgan fingerprint density at radius 3 is 2.86 bits per heavy atom. The Labute approximate surface area is 129 Å². The number of likely N-dealkylation sites (tertiary alicyclic amines) is 1. The number of carbonyl (C=O) groups is 2. The standard InChI is InChI=1S/C15H21N3O4/c1-11(19)18-7-3-4-13(18)15(20)17-12-5-6-14(16-10-12)22-9-8-21-2/h5-6,10,13H,3-4,7-9H2,1-2H3,(H,17,20)/t13-/m1/s1. The van der Waals surface area contributed by atoms with Gasteiger partial charge in [-0.1, -0.05) is 0 Å². The largest absolute Gasteiger partial charge is 0.475 e. The van der Waals surface area contributed by atoms with Crippen LogP contribution in [0.15, 0.2) is 18.3 Å². The number of methoxy groups -OCH3 is 1. The van der Waals surface area contributed by atoms with Crippen molar-refractivity contribution < 1.29 is 19.1 Å². The van der Waals surface area contributed by atoms with Crippen molar-refractivity contribution >= 4 is 17.5 Å². The number of carbonyl (C=O) groups excluding carboxylic acids is 2. The average Bonchev–Trinajstić information content (AvgIpc) is 2.99. The normalized spacial score (nSPS) is 17.4. The first-order valence-corrected chi connectivity index (χ1v) is 7.27. The molecule has 1 atom stereocenters. The van der Waals surface area contributed by atoms with Crippen LogP contribution in [0.2, 0.25) is 0 Å². The fraction of sp³-hybridized carbons (Fsp3) is 0.533. The van der Waals surface area contributed by atoms with E-state index in [9.17, 15) is 9.59 Å². The lowest BCUT2D eigenvalue weighted by atomic mass is 10.2. The second-order valence-corrected chi connectivity index (χ2v) is 5.09. The third-order valence-electron chi connectivity index (χ3n) is 3.50. The number of hydrogen-bond donors (Lipinski definition) is 1. The summed E-state index contributed by atoms with van der Waals surface area (Å²) in [5.74, 6) is 0.224. The summed E-state index contributed by atoms with van der Waals surface area (Å²) in [4.78, 5) is 29.4. The smallest absolute Gasteiger partial charge is 0.247 e. The van der Waals surface area contributed by atoms with Gasteiger partial charge in [-0.3, -0.25) is 9.59 Å². The van der Waals surface area contributed by atoms with Gasteiger partial charge in [0, 0.05) is 26.6 Å². The highest BCUT2D eigenvalue weighted by atomic mass is 16.5. The van der Waals surface area contributed by atoms with Gasteiger partial charge in [-0.2, -0.15) is 0 Å². The summed E-state index contributed by atoms with van der Waals surface area (Å²) in [6.07, 6.45) is 3.08. The molecule has 1 aromatic heterocycles. The van der Waals surface area contributed by atoms with Crippen LogP contribution in [0.3, 0.4) is 0 Å². The minimum atomic E-state index is -0.393. The first kappa shape index (κ1) is 16.2. The van der Waals surface area contributed by atoms with Gasteiger partial charge in [-0.15, -0.1) is 0 Å². The summed E-state index contributed by atoms with van der Waals surface area (Å²) in [6, 6.07) is 3.01. The summed E-state index contributed by atoms with van der Waals surface area (Å²) in [6.45, 7) is 3.03. The maximum atomic E-state index is 12.2. The van der Waals surface area contributed by atoms with Gasteiger partial charge < -0.3 is 19.7 Å². The zero-order valence-corrected chi connectivity index (χ0v) is 12.9. The van der Waals surface area contributed by atoms with E-state index in [1.807, 2.05) is 0 Å². The van der Waals surface area contributed by atoms with E-state index in [2.05, 4.69) is 10.3 Å². The summed E-state index contributed by atoms with van der Waals surface area (Å²) >= 11 is 0. The fourth-order valence-corrected chi connectivity index (χ4v) is 2.41. The van der Waals surface area contributed by atoms with Crippen LogP contribution in [0.25, 0.3) is 0 Å². The topological polar surface area (TPSA) is 80.8 Å². The monoisotopic (exact) mass is 307 g/mol. The molecule has 1 fully saturated rings. The lowest BCUT2D eigenvalue weighted by Crippen LogP contribution is -2.42. The van der Waals surface area contributed by atoms with E-state index >= 15 is 0 Å². The van der Waals surface area contributed by atoms with Crippen LogP contribution in [0.4, 0.5) is 5.69 Å². The van der Waals surface area contributed by atoms with E-state index < -0.39 is 6.04 Å². The lowest BCUT2D eigenvalue weighted by molar-refractivity contribution is -0.134. The molecule has 1 aliphatic rings. The third-order valence-corrected chi connectivity index (χ3v) is 3.50. The molecule has 0 aromatic carbocycles. The van der Waals surface area contributed by atoms with Crippen molar-refractivity contribution in [2.75, 3.05) is 32.2 Å². The Morgan fingerprint density at radius 2 is 2.23 bits per heavy atom. The van der Waals surface area contributed by atoms with Gasteiger partial charge in [-0.05, 0) is 18.9 Å². The molecule has 0 spiro atoms. The van der Waals surface area contributed by atoms with Gasteiger partial charge in [0.05, 0.1) is 18.5 Å². The van der Waals surface area contributed by atoms with Gasteiger partial charge >= 0.3 is 0 Å². The summed E-state index contributed by atoms with van der Waals surface area (Å²) in [7, 11) is 1.60. The highest BCUT2D eigenvalue weighted by Crippen LogP contribution is 2.19. The Bertz CT molecular complexity index is 518. The fourth-order valence-electron chi connectivity index (χ4n) is 2.41. The van der Waals surface area contributed by atoms with E-state index in [1.165, 1.54) is 13.1 Å². The molecular formula is C15H21N3O4. The molecule has 1 saturated heterocycles. The molecule has 2 rings (SSSR count). The van der Waals surface area contributed by atoms with E-state index in [-0.39, 0.29) is 11.8 Å². The van der Waals surface area contributed by atoms with Crippen molar-refractivity contribution in [2.24, 2.45) is 0 Å². The molecule has 2 heterocycles. The molecule has 0 saturated carbocycles. The Kier molecular flexibility index (Phi) is 5.71. The molecule has 0 unspecified atom stereocenters. The number of hydrogen-bond acceptors (Lipinski definition) is 5. The van der Waals surface area contributed by atoms with E-state index in [4.69, 9.17) is 9.47 Å². The second-order valence-electron chi connectivity index (χ2n) is 5.09. The Hall–Kier alpha value is -2.15. The summed E-state index contributed by atoms with van der Waals surface area (Å²) < 4.78 is 10.2. The summed E-state index contributed by atoms with van der Waals surface area (Å²) in [5, 5.41) is 2.79. The van der Waals surface area contributed by atoms with Crippen molar-refractivity contribution in [2.45, 2.75) is 25.8 Å². The Balaban J connectivity index is 1.90. The average molecular weight is 307 g/mol. The van der Waals surface area contributed by atoms with Crippen LogP contribution in [-0.4, -0.2) is 54.6 Å². The van der Waals surface area contributed by atoms with Crippen LogP contribution >= 0.6 is 0 Å². The zero-order valence-electron chi connectivity index (χ0n) is 12.9. The molecule has 0 radical (unpaired) electrons.